The molecule has 0 bridgehead atoms. The monoisotopic (exact) mass is 450 g/mol. The number of fused-ring (bicyclic) bond motifs is 2. The Bertz CT molecular complexity index is 1190. The van der Waals surface area contributed by atoms with Gasteiger partial charge in [-0.2, -0.15) is 0 Å². The Morgan fingerprint density at radius 2 is 1.79 bits per heavy atom. The van der Waals surface area contributed by atoms with Gasteiger partial charge in [0.05, 0.1) is 27.0 Å². The number of benzene rings is 2. The summed E-state index contributed by atoms with van der Waals surface area (Å²) in [6, 6.07) is 9.27. The van der Waals surface area contributed by atoms with Crippen LogP contribution in [0.4, 0.5) is 0 Å². The van der Waals surface area contributed by atoms with E-state index in [9.17, 15) is 9.59 Å². The van der Waals surface area contributed by atoms with Crippen LogP contribution in [0.15, 0.2) is 45.6 Å². The molecule has 29 heavy (non-hydrogen) atoms. The van der Waals surface area contributed by atoms with Crippen LogP contribution in [0.2, 0.25) is 15.1 Å². The van der Waals surface area contributed by atoms with Crippen molar-refractivity contribution in [2.24, 2.45) is 0 Å². The van der Waals surface area contributed by atoms with Crippen LogP contribution in [0.5, 0.6) is 0 Å². The molecule has 0 radical (unpaired) electrons. The summed E-state index contributed by atoms with van der Waals surface area (Å²) in [6.45, 7) is 1.04. The molecule has 5 nitrogen and oxygen atoms in total. The van der Waals surface area contributed by atoms with Gasteiger partial charge >= 0.3 is 0 Å². The largest absolute Gasteiger partial charge is 0.450 e. The van der Waals surface area contributed by atoms with Crippen molar-refractivity contribution >= 4 is 51.7 Å². The third-order valence-corrected chi connectivity index (χ3v) is 5.95. The molecule has 150 valence electrons. The molecule has 0 spiro atoms. The van der Waals surface area contributed by atoms with Crippen molar-refractivity contribution in [3.63, 3.8) is 0 Å². The number of amides is 1. The molecule has 2 heterocycles. The Balaban J connectivity index is 1.96. The van der Waals surface area contributed by atoms with Gasteiger partial charge in [0.1, 0.15) is 5.58 Å². The summed E-state index contributed by atoms with van der Waals surface area (Å²) in [5.41, 5.74) is 1.04. The maximum absolute atomic E-state index is 13.4. The number of carbonyl (C=O) groups is 1. The van der Waals surface area contributed by atoms with Crippen LogP contribution in [0.1, 0.15) is 27.7 Å². The van der Waals surface area contributed by atoms with Gasteiger partial charge in [-0.1, -0.05) is 40.9 Å². The highest BCUT2D eigenvalue weighted by Gasteiger charge is 2.42. The Hall–Kier alpha value is -2.05. The van der Waals surface area contributed by atoms with Crippen molar-refractivity contribution in [3.05, 3.63) is 78.6 Å². The molecule has 0 aliphatic carbocycles. The molecular weight excluding hydrogens is 435 g/mol. The normalized spacial score (nSPS) is 16.1. The summed E-state index contributed by atoms with van der Waals surface area (Å²) in [7, 11) is 3.84. The van der Waals surface area contributed by atoms with E-state index in [1.165, 1.54) is 0 Å². The van der Waals surface area contributed by atoms with E-state index in [2.05, 4.69) is 0 Å². The lowest BCUT2D eigenvalue weighted by atomic mass is 9.98. The van der Waals surface area contributed by atoms with E-state index in [1.54, 1.807) is 41.3 Å². The third kappa shape index (κ3) is 3.53. The van der Waals surface area contributed by atoms with Crippen molar-refractivity contribution < 1.29 is 9.21 Å². The lowest BCUT2D eigenvalue weighted by molar-refractivity contribution is 0.0716. The minimum Gasteiger partial charge on any atom is -0.450 e. The number of hydrogen-bond donors (Lipinski definition) is 0. The first kappa shape index (κ1) is 20.2. The number of nitrogens with zero attached hydrogens (tertiary/aromatic N) is 2. The fourth-order valence-electron chi connectivity index (χ4n) is 3.56. The molecular formula is C21H17Cl3N2O3. The van der Waals surface area contributed by atoms with Crippen molar-refractivity contribution in [1.82, 2.24) is 9.80 Å². The molecule has 2 aromatic carbocycles. The number of rotatable bonds is 4. The fourth-order valence-corrected chi connectivity index (χ4v) is 4.04. The van der Waals surface area contributed by atoms with Crippen molar-refractivity contribution in [2.45, 2.75) is 6.04 Å². The van der Waals surface area contributed by atoms with Crippen molar-refractivity contribution in [3.8, 4) is 0 Å². The zero-order valence-electron chi connectivity index (χ0n) is 15.7. The molecule has 0 fully saturated rings. The highest BCUT2D eigenvalue weighted by molar-refractivity contribution is 6.42. The highest BCUT2D eigenvalue weighted by atomic mass is 35.5. The van der Waals surface area contributed by atoms with Crippen LogP contribution in [0.3, 0.4) is 0 Å². The SMILES string of the molecule is CN(C)CCN1C(=O)c2oc3ccc(Cl)cc3c(=O)c2C1c1ccc(Cl)c(Cl)c1. The average Bonchev–Trinajstić information content (AvgIpc) is 2.95. The number of halogens is 3. The molecule has 1 aromatic heterocycles. The Morgan fingerprint density at radius 1 is 1.03 bits per heavy atom. The van der Waals surface area contributed by atoms with E-state index >= 15 is 0 Å². The van der Waals surface area contributed by atoms with Crippen LogP contribution >= 0.6 is 34.8 Å². The molecule has 0 saturated heterocycles. The Kier molecular flexibility index (Phi) is 5.34. The first-order valence-electron chi connectivity index (χ1n) is 8.95. The molecule has 1 amide bonds. The second-order valence-corrected chi connectivity index (χ2v) is 8.44. The Morgan fingerprint density at radius 3 is 2.48 bits per heavy atom. The fraction of sp³-hybridized carbons (Fsp3) is 0.238. The zero-order valence-corrected chi connectivity index (χ0v) is 18.0. The van der Waals surface area contributed by atoms with Gasteiger partial charge < -0.3 is 14.2 Å². The summed E-state index contributed by atoms with van der Waals surface area (Å²) < 4.78 is 5.87. The maximum Gasteiger partial charge on any atom is 0.290 e. The maximum atomic E-state index is 13.4. The molecule has 0 N–H and O–H groups in total. The summed E-state index contributed by atoms with van der Waals surface area (Å²) in [5.74, 6) is -0.272. The molecule has 4 rings (SSSR count). The molecule has 8 heteroatoms. The zero-order chi connectivity index (χ0) is 20.9. The second kappa shape index (κ2) is 7.65. The van der Waals surface area contributed by atoms with Gasteiger partial charge in [0, 0.05) is 18.1 Å². The molecule has 1 aliphatic rings. The number of carbonyl (C=O) groups excluding carboxylic acids is 1. The minimum absolute atomic E-state index is 0.0552. The van der Waals surface area contributed by atoms with Gasteiger partial charge in [-0.05, 0) is 50.0 Å². The quantitative estimate of drug-likeness (QED) is 0.568. The van der Waals surface area contributed by atoms with Crippen LogP contribution in [0.25, 0.3) is 11.0 Å². The molecule has 1 atom stereocenters. The van der Waals surface area contributed by atoms with Gasteiger partial charge in [-0.25, -0.2) is 0 Å². The van der Waals surface area contributed by atoms with Gasteiger partial charge in [0.15, 0.2) is 5.43 Å². The molecule has 1 unspecified atom stereocenters. The topological polar surface area (TPSA) is 53.8 Å². The predicted octanol–water partition coefficient (Wildman–Crippen LogP) is 4.86. The van der Waals surface area contributed by atoms with Gasteiger partial charge in [-0.15, -0.1) is 0 Å². The smallest absolute Gasteiger partial charge is 0.290 e. The van der Waals surface area contributed by atoms with Gasteiger partial charge in [0.2, 0.25) is 5.76 Å². The predicted molar refractivity (Wildman–Crippen MR) is 115 cm³/mol. The Labute approximate surface area is 182 Å². The third-order valence-electron chi connectivity index (χ3n) is 4.98. The summed E-state index contributed by atoms with van der Waals surface area (Å²) in [6.07, 6.45) is 0. The van der Waals surface area contributed by atoms with Crippen molar-refractivity contribution in [2.75, 3.05) is 27.2 Å². The summed E-state index contributed by atoms with van der Waals surface area (Å²) in [4.78, 5) is 30.2. The van der Waals surface area contributed by atoms with Crippen LogP contribution in [-0.2, 0) is 0 Å². The average molecular weight is 452 g/mol. The summed E-state index contributed by atoms with van der Waals surface area (Å²) >= 11 is 18.4. The molecule has 1 aliphatic heterocycles. The van der Waals surface area contributed by atoms with E-state index in [4.69, 9.17) is 39.2 Å². The molecule has 0 saturated carbocycles. The van der Waals surface area contributed by atoms with Crippen LogP contribution in [-0.4, -0.2) is 42.9 Å². The van der Waals surface area contributed by atoms with E-state index in [-0.39, 0.29) is 17.1 Å². The first-order chi connectivity index (χ1) is 13.8. The number of likely N-dealkylation sites (N-methyl/N-ethyl adjacent to an activating group) is 1. The van der Waals surface area contributed by atoms with Gasteiger partial charge in [0.25, 0.3) is 5.91 Å². The van der Waals surface area contributed by atoms with E-state index in [0.29, 0.717) is 50.3 Å². The standard InChI is InChI=1S/C21H17Cl3N2O3/c1-25(2)7-8-26-18(11-3-5-14(23)15(24)9-11)17-19(27)13-10-12(22)4-6-16(13)29-20(17)21(26)28/h3-6,9-10,18H,7-8H2,1-2H3. The van der Waals surface area contributed by atoms with Crippen LogP contribution < -0.4 is 5.43 Å². The van der Waals surface area contributed by atoms with Crippen LogP contribution in [0, 0.1) is 0 Å². The van der Waals surface area contributed by atoms with Crippen molar-refractivity contribution in [1.29, 1.82) is 0 Å². The van der Waals surface area contributed by atoms with E-state index < -0.39 is 6.04 Å². The lowest BCUT2D eigenvalue weighted by Gasteiger charge is -2.26. The minimum atomic E-state index is -0.619. The molecule has 3 aromatic rings. The second-order valence-electron chi connectivity index (χ2n) is 7.19. The summed E-state index contributed by atoms with van der Waals surface area (Å²) in [5, 5.41) is 1.51. The van der Waals surface area contributed by atoms with E-state index in [1.807, 2.05) is 19.0 Å². The lowest BCUT2D eigenvalue weighted by Crippen LogP contribution is -2.35. The number of hydrogen-bond acceptors (Lipinski definition) is 4. The highest BCUT2D eigenvalue weighted by Crippen LogP contribution is 2.39. The first-order valence-corrected chi connectivity index (χ1v) is 10.1. The van der Waals surface area contributed by atoms with E-state index in [0.717, 1.165) is 0 Å². The van der Waals surface area contributed by atoms with Gasteiger partial charge in [-0.3, -0.25) is 9.59 Å².